The molecule has 14 heavy (non-hydrogen) atoms. The molecule has 1 unspecified atom stereocenters. The van der Waals surface area contributed by atoms with Gasteiger partial charge in [0.2, 0.25) is 0 Å². The number of rotatable bonds is 4. The lowest BCUT2D eigenvalue weighted by molar-refractivity contribution is -0.0272. The molecule has 1 heterocycles. The zero-order valence-corrected chi connectivity index (χ0v) is 9.55. The molecular formula is C11H22FNO. The Balaban J connectivity index is 2.63. The number of hydrogen-bond acceptors (Lipinski definition) is 2. The lowest BCUT2D eigenvalue weighted by atomic mass is 9.73. The molecule has 1 aliphatic rings. The third-order valence-corrected chi connectivity index (χ3v) is 3.47. The van der Waals surface area contributed by atoms with Crippen LogP contribution >= 0.6 is 0 Å². The first kappa shape index (κ1) is 11.9. The van der Waals surface area contributed by atoms with Crippen molar-refractivity contribution in [2.24, 2.45) is 11.3 Å². The van der Waals surface area contributed by atoms with Gasteiger partial charge in [-0.1, -0.05) is 13.8 Å². The lowest BCUT2D eigenvalue weighted by Gasteiger charge is -2.44. The van der Waals surface area contributed by atoms with Crippen molar-refractivity contribution >= 4 is 0 Å². The fourth-order valence-corrected chi connectivity index (χ4v) is 2.43. The number of hydrogen-bond donors (Lipinski definition) is 0. The van der Waals surface area contributed by atoms with Gasteiger partial charge in [-0.15, -0.1) is 0 Å². The number of likely N-dealkylation sites (tertiary alicyclic amines) is 1. The number of piperidine rings is 1. The SMILES string of the molecule is CCN1CCC(CF)[C@](C)(COC)C1. The predicted molar refractivity (Wildman–Crippen MR) is 56.2 cm³/mol. The maximum atomic E-state index is 12.9. The Morgan fingerprint density at radius 3 is 2.79 bits per heavy atom. The van der Waals surface area contributed by atoms with Gasteiger partial charge in [0.15, 0.2) is 0 Å². The van der Waals surface area contributed by atoms with Gasteiger partial charge in [-0.3, -0.25) is 4.39 Å². The first-order valence-electron chi connectivity index (χ1n) is 5.43. The molecule has 3 heteroatoms. The Bertz CT molecular complexity index is 177. The highest BCUT2D eigenvalue weighted by Crippen LogP contribution is 2.35. The summed E-state index contributed by atoms with van der Waals surface area (Å²) >= 11 is 0. The van der Waals surface area contributed by atoms with Crippen molar-refractivity contribution in [2.75, 3.05) is 40.0 Å². The zero-order chi connectivity index (χ0) is 10.6. The Hall–Kier alpha value is -0.150. The van der Waals surface area contributed by atoms with Crippen molar-refractivity contribution in [1.29, 1.82) is 0 Å². The predicted octanol–water partition coefficient (Wildman–Crippen LogP) is 1.95. The minimum atomic E-state index is -0.211. The summed E-state index contributed by atoms with van der Waals surface area (Å²) in [7, 11) is 1.70. The van der Waals surface area contributed by atoms with Gasteiger partial charge in [-0.25, -0.2) is 0 Å². The maximum absolute atomic E-state index is 12.9. The number of methoxy groups -OCH3 is 1. The van der Waals surface area contributed by atoms with Crippen LogP contribution < -0.4 is 0 Å². The van der Waals surface area contributed by atoms with E-state index in [1.807, 2.05) is 0 Å². The van der Waals surface area contributed by atoms with Crippen molar-refractivity contribution in [3.05, 3.63) is 0 Å². The van der Waals surface area contributed by atoms with Gasteiger partial charge in [-0.2, -0.15) is 0 Å². The maximum Gasteiger partial charge on any atom is 0.0929 e. The molecule has 0 amide bonds. The molecule has 0 saturated carbocycles. The highest BCUT2D eigenvalue weighted by Gasteiger charge is 2.39. The second-order valence-corrected chi connectivity index (χ2v) is 4.60. The second-order valence-electron chi connectivity index (χ2n) is 4.60. The monoisotopic (exact) mass is 203 g/mol. The first-order valence-corrected chi connectivity index (χ1v) is 5.43. The van der Waals surface area contributed by atoms with E-state index in [-0.39, 0.29) is 18.0 Å². The van der Waals surface area contributed by atoms with Crippen LogP contribution in [-0.4, -0.2) is 44.9 Å². The van der Waals surface area contributed by atoms with Crippen LogP contribution in [0.15, 0.2) is 0 Å². The van der Waals surface area contributed by atoms with E-state index >= 15 is 0 Å². The lowest BCUT2D eigenvalue weighted by Crippen LogP contribution is -2.50. The second kappa shape index (κ2) is 5.08. The Kier molecular flexibility index (Phi) is 4.32. The smallest absolute Gasteiger partial charge is 0.0929 e. The Morgan fingerprint density at radius 1 is 1.57 bits per heavy atom. The third kappa shape index (κ3) is 2.45. The molecule has 0 radical (unpaired) electrons. The summed E-state index contributed by atoms with van der Waals surface area (Å²) in [6, 6.07) is 0. The summed E-state index contributed by atoms with van der Waals surface area (Å²) in [5.41, 5.74) is -0.00222. The van der Waals surface area contributed by atoms with E-state index in [9.17, 15) is 4.39 Å². The number of halogens is 1. The van der Waals surface area contributed by atoms with Gasteiger partial charge in [0, 0.05) is 19.1 Å². The molecule has 0 aliphatic carbocycles. The van der Waals surface area contributed by atoms with Crippen LogP contribution in [0.5, 0.6) is 0 Å². The summed E-state index contributed by atoms with van der Waals surface area (Å²) < 4.78 is 18.1. The van der Waals surface area contributed by atoms with Crippen molar-refractivity contribution in [2.45, 2.75) is 20.3 Å². The van der Waals surface area contributed by atoms with Crippen LogP contribution in [0.3, 0.4) is 0 Å². The van der Waals surface area contributed by atoms with Crippen LogP contribution in [0, 0.1) is 11.3 Å². The van der Waals surface area contributed by atoms with Crippen LogP contribution in [-0.2, 0) is 4.74 Å². The van der Waals surface area contributed by atoms with Gasteiger partial charge in [0.05, 0.1) is 13.3 Å². The largest absolute Gasteiger partial charge is 0.384 e. The number of ether oxygens (including phenoxy) is 1. The van der Waals surface area contributed by atoms with Gasteiger partial charge < -0.3 is 9.64 Å². The van der Waals surface area contributed by atoms with Crippen LogP contribution in [0.4, 0.5) is 4.39 Å². The molecule has 0 aromatic heterocycles. The summed E-state index contributed by atoms with van der Waals surface area (Å²) in [6.45, 7) is 7.80. The van der Waals surface area contributed by atoms with Crippen molar-refractivity contribution in [3.63, 3.8) is 0 Å². The molecule has 1 aliphatic heterocycles. The molecular weight excluding hydrogens is 181 g/mol. The Morgan fingerprint density at radius 2 is 2.29 bits per heavy atom. The average Bonchev–Trinajstić information content (AvgIpc) is 2.17. The molecule has 1 rings (SSSR count). The van der Waals surface area contributed by atoms with E-state index in [4.69, 9.17) is 4.74 Å². The molecule has 0 spiro atoms. The third-order valence-electron chi connectivity index (χ3n) is 3.47. The van der Waals surface area contributed by atoms with E-state index < -0.39 is 0 Å². The van der Waals surface area contributed by atoms with Crippen LogP contribution in [0.1, 0.15) is 20.3 Å². The standard InChI is InChI=1S/C11H22FNO/c1-4-13-6-5-10(7-12)11(2,8-13)9-14-3/h10H,4-9H2,1-3H3/t10?,11-/m0/s1. The molecule has 1 fully saturated rings. The minimum absolute atomic E-state index is 0.00222. The van der Waals surface area contributed by atoms with Gasteiger partial charge in [0.25, 0.3) is 0 Å². The highest BCUT2D eigenvalue weighted by atomic mass is 19.1. The van der Waals surface area contributed by atoms with Gasteiger partial charge >= 0.3 is 0 Å². The molecule has 1 saturated heterocycles. The summed E-state index contributed by atoms with van der Waals surface area (Å²) in [4.78, 5) is 2.38. The molecule has 0 N–H and O–H groups in total. The molecule has 0 aromatic carbocycles. The molecule has 84 valence electrons. The fraction of sp³-hybridized carbons (Fsp3) is 1.00. The van der Waals surface area contributed by atoms with Crippen molar-refractivity contribution < 1.29 is 9.13 Å². The van der Waals surface area contributed by atoms with E-state index in [1.54, 1.807) is 7.11 Å². The molecule has 2 nitrogen and oxygen atoms in total. The Labute approximate surface area is 86.4 Å². The summed E-state index contributed by atoms with van der Waals surface area (Å²) in [5.74, 6) is 0.172. The average molecular weight is 203 g/mol. The fourth-order valence-electron chi connectivity index (χ4n) is 2.43. The van der Waals surface area contributed by atoms with Crippen molar-refractivity contribution in [3.8, 4) is 0 Å². The number of alkyl halides is 1. The number of nitrogens with zero attached hydrogens (tertiary/aromatic N) is 1. The molecule has 0 bridgehead atoms. The van der Waals surface area contributed by atoms with Crippen LogP contribution in [0.25, 0.3) is 0 Å². The van der Waals surface area contributed by atoms with E-state index in [0.717, 1.165) is 26.1 Å². The summed E-state index contributed by atoms with van der Waals surface area (Å²) in [6.07, 6.45) is 0.963. The quantitative estimate of drug-likeness (QED) is 0.692. The first-order chi connectivity index (χ1) is 6.66. The van der Waals surface area contributed by atoms with Crippen molar-refractivity contribution in [1.82, 2.24) is 4.90 Å². The van der Waals surface area contributed by atoms with E-state index in [2.05, 4.69) is 18.7 Å². The highest BCUT2D eigenvalue weighted by molar-refractivity contribution is 4.89. The minimum Gasteiger partial charge on any atom is -0.384 e. The molecule has 0 aromatic rings. The molecule has 2 atom stereocenters. The normalized spacial score (nSPS) is 34.7. The van der Waals surface area contributed by atoms with E-state index in [0.29, 0.717) is 6.61 Å². The van der Waals surface area contributed by atoms with Crippen LogP contribution in [0.2, 0.25) is 0 Å². The van der Waals surface area contributed by atoms with E-state index in [1.165, 1.54) is 0 Å². The van der Waals surface area contributed by atoms with Gasteiger partial charge in [-0.05, 0) is 25.4 Å². The topological polar surface area (TPSA) is 12.5 Å². The van der Waals surface area contributed by atoms with Gasteiger partial charge in [0.1, 0.15) is 0 Å². The summed E-state index contributed by atoms with van der Waals surface area (Å²) in [5, 5.41) is 0. The zero-order valence-electron chi connectivity index (χ0n) is 9.55.